The van der Waals surface area contributed by atoms with Crippen LogP contribution in [0.4, 0.5) is 13.2 Å². The lowest BCUT2D eigenvalue weighted by atomic mass is 9.82. The monoisotopic (exact) mass is 239 g/mol. The molecule has 1 fully saturated rings. The van der Waals surface area contributed by atoms with Crippen LogP contribution in [0.3, 0.4) is 0 Å². The minimum absolute atomic E-state index is 0.466. The van der Waals surface area contributed by atoms with Crippen molar-refractivity contribution in [2.24, 2.45) is 11.8 Å². The van der Waals surface area contributed by atoms with Crippen molar-refractivity contribution in [2.45, 2.75) is 38.7 Å². The molecule has 0 aromatic rings. The van der Waals surface area contributed by atoms with Gasteiger partial charge in [0.15, 0.2) is 5.60 Å². The van der Waals surface area contributed by atoms with Gasteiger partial charge in [-0.1, -0.05) is 13.8 Å². The molecule has 94 valence electrons. The van der Waals surface area contributed by atoms with Crippen molar-refractivity contribution in [3.8, 4) is 0 Å². The van der Waals surface area contributed by atoms with Crippen molar-refractivity contribution in [3.63, 3.8) is 0 Å². The summed E-state index contributed by atoms with van der Waals surface area (Å²) in [4.78, 5) is 11.4. The maximum absolute atomic E-state index is 12.9. The van der Waals surface area contributed by atoms with Crippen molar-refractivity contribution >= 4 is 5.91 Å². The van der Waals surface area contributed by atoms with E-state index in [-0.39, 0.29) is 0 Å². The van der Waals surface area contributed by atoms with E-state index in [1.54, 1.807) is 6.92 Å². The van der Waals surface area contributed by atoms with Gasteiger partial charge in [-0.2, -0.15) is 13.2 Å². The van der Waals surface area contributed by atoms with Crippen molar-refractivity contribution in [3.05, 3.63) is 0 Å². The smallest absolute Gasteiger partial charge is 0.357 e. The summed E-state index contributed by atoms with van der Waals surface area (Å²) in [6, 6.07) is 0. The lowest BCUT2D eigenvalue weighted by Crippen LogP contribution is -2.47. The number of carbonyl (C=O) groups is 1. The van der Waals surface area contributed by atoms with E-state index in [0.717, 1.165) is 6.92 Å². The van der Waals surface area contributed by atoms with E-state index in [4.69, 9.17) is 4.74 Å². The molecule has 0 aromatic heterocycles. The van der Waals surface area contributed by atoms with E-state index in [1.165, 1.54) is 14.0 Å². The fourth-order valence-corrected chi connectivity index (χ4v) is 2.00. The maximum atomic E-state index is 12.9. The number of nitrogens with one attached hydrogen (secondary N) is 1. The summed E-state index contributed by atoms with van der Waals surface area (Å²) < 4.78 is 43.5. The molecule has 0 aromatic carbocycles. The molecule has 0 unspecified atom stereocenters. The van der Waals surface area contributed by atoms with Crippen LogP contribution in [0.25, 0.3) is 0 Å². The Morgan fingerprint density at radius 3 is 2.19 bits per heavy atom. The highest BCUT2D eigenvalue weighted by molar-refractivity contribution is 5.81. The van der Waals surface area contributed by atoms with Crippen molar-refractivity contribution in [1.29, 1.82) is 0 Å². The molecule has 1 aliphatic rings. The number of amides is 1. The third kappa shape index (κ3) is 1.79. The topological polar surface area (TPSA) is 38.3 Å². The Bertz CT molecular complexity index is 292. The summed E-state index contributed by atoms with van der Waals surface area (Å²) in [7, 11) is 1.38. The Morgan fingerprint density at radius 2 is 1.88 bits per heavy atom. The highest BCUT2D eigenvalue weighted by Gasteiger charge is 2.64. The predicted octanol–water partition coefficient (Wildman–Crippen LogP) is 1.72. The molecule has 0 aliphatic carbocycles. The molecular formula is C10H16F3NO2. The number of alkyl halides is 3. The van der Waals surface area contributed by atoms with Gasteiger partial charge in [0.25, 0.3) is 0 Å². The highest BCUT2D eigenvalue weighted by atomic mass is 19.4. The van der Waals surface area contributed by atoms with Crippen LogP contribution in [-0.4, -0.2) is 30.8 Å². The lowest BCUT2D eigenvalue weighted by Gasteiger charge is -2.31. The number of likely N-dealkylation sites (N-methyl/N-ethyl adjacent to an activating group) is 1. The van der Waals surface area contributed by atoms with E-state index in [1.807, 2.05) is 0 Å². The van der Waals surface area contributed by atoms with Gasteiger partial charge in [-0.15, -0.1) is 0 Å². The van der Waals surface area contributed by atoms with Gasteiger partial charge in [-0.25, -0.2) is 0 Å². The van der Waals surface area contributed by atoms with Crippen molar-refractivity contribution in [2.75, 3.05) is 7.05 Å². The van der Waals surface area contributed by atoms with Gasteiger partial charge in [-0.3, -0.25) is 4.79 Å². The Balaban J connectivity index is 3.00. The van der Waals surface area contributed by atoms with Crippen LogP contribution >= 0.6 is 0 Å². The van der Waals surface area contributed by atoms with Gasteiger partial charge in [-0.05, 0) is 18.8 Å². The predicted molar refractivity (Wildman–Crippen MR) is 51.7 cm³/mol. The third-order valence-electron chi connectivity index (χ3n) is 3.57. The number of halogens is 3. The molecule has 16 heavy (non-hydrogen) atoms. The molecule has 0 saturated carbocycles. The quantitative estimate of drug-likeness (QED) is 0.756. The number of rotatable bonds is 1. The second-order valence-electron chi connectivity index (χ2n) is 4.41. The molecule has 0 radical (unpaired) electrons. The second-order valence-corrected chi connectivity index (χ2v) is 4.41. The molecule has 3 nitrogen and oxygen atoms in total. The van der Waals surface area contributed by atoms with E-state index < -0.39 is 35.6 Å². The van der Waals surface area contributed by atoms with E-state index >= 15 is 0 Å². The van der Waals surface area contributed by atoms with E-state index in [2.05, 4.69) is 5.32 Å². The molecule has 6 heteroatoms. The molecule has 4 atom stereocenters. The van der Waals surface area contributed by atoms with Gasteiger partial charge in [0.05, 0.1) is 0 Å². The van der Waals surface area contributed by atoms with Gasteiger partial charge in [0.2, 0.25) is 5.91 Å². The Morgan fingerprint density at radius 1 is 1.38 bits per heavy atom. The molecule has 1 N–H and O–H groups in total. The molecule has 1 aliphatic heterocycles. The zero-order valence-electron chi connectivity index (χ0n) is 9.68. The summed E-state index contributed by atoms with van der Waals surface area (Å²) in [5.41, 5.74) is -2.25. The van der Waals surface area contributed by atoms with Gasteiger partial charge < -0.3 is 10.1 Å². The molecule has 0 spiro atoms. The Hall–Kier alpha value is -0.780. The largest absolute Gasteiger partial charge is 0.417 e. The Kier molecular flexibility index (Phi) is 3.24. The SMILES string of the molecule is CNC(=O)[C@@H]1O[C@@](C)(C(F)(F)F)[C@@H](C)[C@H]1C. The fraction of sp³-hybridized carbons (Fsp3) is 0.900. The normalized spacial score (nSPS) is 39.8. The number of carbonyl (C=O) groups excluding carboxylic acids is 1. The van der Waals surface area contributed by atoms with E-state index in [9.17, 15) is 18.0 Å². The summed E-state index contributed by atoms with van der Waals surface area (Å²) >= 11 is 0. The van der Waals surface area contributed by atoms with Gasteiger partial charge in [0, 0.05) is 7.05 Å². The third-order valence-corrected chi connectivity index (χ3v) is 3.57. The number of ether oxygens (including phenoxy) is 1. The molecule has 1 amide bonds. The average Bonchev–Trinajstić information content (AvgIpc) is 2.42. The van der Waals surface area contributed by atoms with Crippen LogP contribution in [-0.2, 0) is 9.53 Å². The second kappa shape index (κ2) is 3.91. The first-order chi connectivity index (χ1) is 7.15. The average molecular weight is 239 g/mol. The minimum atomic E-state index is -4.47. The number of hydrogen-bond donors (Lipinski definition) is 1. The van der Waals surface area contributed by atoms with Gasteiger partial charge >= 0.3 is 6.18 Å². The standard InChI is InChI=1S/C10H16F3NO2/c1-5-6(2)9(3,10(11,12)13)16-7(5)8(15)14-4/h5-7H,1-4H3,(H,14,15)/t5-,6+,7-,9-/m1/s1. The van der Waals surface area contributed by atoms with Crippen LogP contribution in [0.2, 0.25) is 0 Å². The highest BCUT2D eigenvalue weighted by Crippen LogP contribution is 2.49. The van der Waals surface area contributed by atoms with E-state index in [0.29, 0.717) is 0 Å². The first-order valence-electron chi connectivity index (χ1n) is 5.11. The maximum Gasteiger partial charge on any atom is 0.417 e. The van der Waals surface area contributed by atoms with Crippen LogP contribution in [0.15, 0.2) is 0 Å². The molecule has 1 heterocycles. The first-order valence-corrected chi connectivity index (χ1v) is 5.11. The Labute approximate surface area is 92.3 Å². The van der Waals surface area contributed by atoms with Crippen molar-refractivity contribution in [1.82, 2.24) is 5.32 Å². The first kappa shape index (κ1) is 13.3. The number of hydrogen-bond acceptors (Lipinski definition) is 2. The fourth-order valence-electron chi connectivity index (χ4n) is 2.00. The molecular weight excluding hydrogens is 223 g/mol. The molecule has 0 bridgehead atoms. The van der Waals surface area contributed by atoms with Gasteiger partial charge in [0.1, 0.15) is 6.10 Å². The molecule has 1 rings (SSSR count). The summed E-state index contributed by atoms with van der Waals surface area (Å²) in [5.74, 6) is -1.73. The van der Waals surface area contributed by atoms with Crippen LogP contribution in [0.1, 0.15) is 20.8 Å². The van der Waals surface area contributed by atoms with Crippen LogP contribution < -0.4 is 5.32 Å². The molecule has 1 saturated heterocycles. The summed E-state index contributed by atoms with van der Waals surface area (Å²) in [6.07, 6.45) is -5.50. The van der Waals surface area contributed by atoms with Crippen LogP contribution in [0, 0.1) is 11.8 Å². The summed E-state index contributed by atoms with van der Waals surface area (Å²) in [5, 5.41) is 2.32. The van der Waals surface area contributed by atoms with Crippen molar-refractivity contribution < 1.29 is 22.7 Å². The lowest BCUT2D eigenvalue weighted by molar-refractivity contribution is -0.272. The zero-order valence-corrected chi connectivity index (χ0v) is 9.68. The van der Waals surface area contributed by atoms with Crippen LogP contribution in [0.5, 0.6) is 0 Å². The minimum Gasteiger partial charge on any atom is -0.357 e. The summed E-state index contributed by atoms with van der Waals surface area (Å²) in [6.45, 7) is 4.06. The zero-order chi connectivity index (χ0) is 12.7.